The highest BCUT2D eigenvalue weighted by atomic mass is 35.5. The zero-order valence-corrected chi connectivity index (χ0v) is 13.2. The fourth-order valence-corrected chi connectivity index (χ4v) is 2.22. The number of ether oxygens (including phenoxy) is 2. The molecule has 0 aliphatic rings. The first-order valence-electron chi connectivity index (χ1n) is 6.27. The van der Waals surface area contributed by atoms with Crippen LogP contribution in [0.25, 0.3) is 0 Å². The number of halogens is 2. The highest BCUT2D eigenvalue weighted by Crippen LogP contribution is 2.28. The van der Waals surface area contributed by atoms with Gasteiger partial charge >= 0.3 is 0 Å². The van der Waals surface area contributed by atoms with Gasteiger partial charge in [0, 0.05) is 10.6 Å². The van der Waals surface area contributed by atoms with Gasteiger partial charge in [0.05, 0.1) is 12.1 Å². The normalized spacial score (nSPS) is 10.3. The van der Waals surface area contributed by atoms with Gasteiger partial charge in [-0.1, -0.05) is 29.3 Å². The highest BCUT2D eigenvalue weighted by molar-refractivity contribution is 6.35. The number of carbonyl (C=O) groups excluding carboxylic acids is 1. The van der Waals surface area contributed by atoms with Crippen LogP contribution in [-0.4, -0.2) is 19.5 Å². The van der Waals surface area contributed by atoms with Gasteiger partial charge in [0.25, 0.3) is 0 Å². The average Bonchev–Trinajstić information content (AvgIpc) is 2.48. The number of hydrogen-bond donors (Lipinski definition) is 0. The minimum atomic E-state index is -0.245. The van der Waals surface area contributed by atoms with Crippen LogP contribution in [0.4, 0.5) is 0 Å². The maximum absolute atomic E-state index is 12.1. The average molecular weight is 325 g/mol. The number of ketones is 1. The molecule has 2 aromatic carbocycles. The quantitative estimate of drug-likeness (QED) is 0.755. The SMILES string of the molecule is COc1cc(C)ccc1OCC(=O)c1cc(Cl)ccc1Cl. The van der Waals surface area contributed by atoms with Gasteiger partial charge in [-0.3, -0.25) is 4.79 Å². The molecule has 0 saturated carbocycles. The topological polar surface area (TPSA) is 35.5 Å². The van der Waals surface area contributed by atoms with Crippen LogP contribution in [0.3, 0.4) is 0 Å². The van der Waals surface area contributed by atoms with Crippen molar-refractivity contribution in [2.24, 2.45) is 0 Å². The third-order valence-electron chi connectivity index (χ3n) is 2.91. The molecule has 0 atom stereocenters. The number of Topliss-reactive ketones (excluding diaryl/α,β-unsaturated/α-hetero) is 1. The Hall–Kier alpha value is -1.71. The summed E-state index contributed by atoms with van der Waals surface area (Å²) < 4.78 is 10.7. The molecule has 110 valence electrons. The Morgan fingerprint density at radius 3 is 2.57 bits per heavy atom. The molecule has 0 aliphatic heterocycles. The standard InChI is InChI=1S/C16H14Cl2O3/c1-10-3-6-15(16(7-10)20-2)21-9-14(19)12-8-11(17)4-5-13(12)18/h3-8H,9H2,1-2H3. The second kappa shape index (κ2) is 6.83. The van der Waals surface area contributed by atoms with Crippen molar-refractivity contribution in [1.29, 1.82) is 0 Å². The van der Waals surface area contributed by atoms with E-state index >= 15 is 0 Å². The van der Waals surface area contributed by atoms with Crippen LogP contribution in [0.2, 0.25) is 10.0 Å². The number of rotatable bonds is 5. The molecule has 0 bridgehead atoms. The van der Waals surface area contributed by atoms with Crippen LogP contribution >= 0.6 is 23.2 Å². The summed E-state index contributed by atoms with van der Waals surface area (Å²) in [5.74, 6) is 0.847. The highest BCUT2D eigenvalue weighted by Gasteiger charge is 2.13. The van der Waals surface area contributed by atoms with Gasteiger partial charge in [-0.15, -0.1) is 0 Å². The zero-order chi connectivity index (χ0) is 15.4. The molecule has 5 heteroatoms. The van der Waals surface area contributed by atoms with Gasteiger partial charge in [-0.25, -0.2) is 0 Å². The molecule has 0 unspecified atom stereocenters. The molecule has 0 aromatic heterocycles. The lowest BCUT2D eigenvalue weighted by Gasteiger charge is -2.11. The predicted molar refractivity (Wildman–Crippen MR) is 84.0 cm³/mol. The Morgan fingerprint density at radius 1 is 1.10 bits per heavy atom. The Kier molecular flexibility index (Phi) is 5.10. The van der Waals surface area contributed by atoms with Gasteiger partial charge in [-0.2, -0.15) is 0 Å². The molecule has 2 aromatic rings. The summed E-state index contributed by atoms with van der Waals surface area (Å²) >= 11 is 11.9. The molecule has 2 rings (SSSR count). The van der Waals surface area contributed by atoms with Crippen LogP contribution in [0.15, 0.2) is 36.4 Å². The van der Waals surface area contributed by atoms with Gasteiger partial charge in [0.2, 0.25) is 5.78 Å². The molecule has 21 heavy (non-hydrogen) atoms. The minimum absolute atomic E-state index is 0.139. The summed E-state index contributed by atoms with van der Waals surface area (Å²) in [6.07, 6.45) is 0. The Labute approximate surface area is 133 Å². The monoisotopic (exact) mass is 324 g/mol. The van der Waals surface area contributed by atoms with Crippen LogP contribution in [0, 0.1) is 6.92 Å². The summed E-state index contributed by atoms with van der Waals surface area (Å²) in [6.45, 7) is 1.81. The molecule has 0 spiro atoms. The lowest BCUT2D eigenvalue weighted by Crippen LogP contribution is -2.12. The van der Waals surface area contributed by atoms with E-state index in [0.29, 0.717) is 27.1 Å². The number of benzene rings is 2. The second-order valence-electron chi connectivity index (χ2n) is 4.49. The molecular weight excluding hydrogens is 311 g/mol. The van der Waals surface area contributed by atoms with Gasteiger partial charge in [-0.05, 0) is 42.8 Å². The summed E-state index contributed by atoms with van der Waals surface area (Å²) in [5.41, 5.74) is 1.39. The van der Waals surface area contributed by atoms with Crippen LogP contribution in [0.1, 0.15) is 15.9 Å². The van der Waals surface area contributed by atoms with Crippen molar-refractivity contribution >= 4 is 29.0 Å². The maximum atomic E-state index is 12.1. The van der Waals surface area contributed by atoms with Gasteiger partial charge in [0.15, 0.2) is 18.1 Å². The summed E-state index contributed by atoms with van der Waals surface area (Å²) in [7, 11) is 1.55. The van der Waals surface area contributed by atoms with E-state index in [1.165, 1.54) is 6.07 Å². The van der Waals surface area contributed by atoms with Crippen molar-refractivity contribution in [3.8, 4) is 11.5 Å². The first-order valence-corrected chi connectivity index (χ1v) is 7.02. The fraction of sp³-hybridized carbons (Fsp3) is 0.188. The molecule has 3 nitrogen and oxygen atoms in total. The fourth-order valence-electron chi connectivity index (χ4n) is 1.83. The summed E-state index contributed by atoms with van der Waals surface area (Å²) in [4.78, 5) is 12.1. The van der Waals surface area contributed by atoms with Crippen molar-refractivity contribution in [3.63, 3.8) is 0 Å². The Balaban J connectivity index is 2.13. The van der Waals surface area contributed by atoms with E-state index in [2.05, 4.69) is 0 Å². The van der Waals surface area contributed by atoms with Crippen LogP contribution in [-0.2, 0) is 0 Å². The van der Waals surface area contributed by atoms with Crippen LogP contribution in [0.5, 0.6) is 11.5 Å². The Bertz CT molecular complexity index is 669. The number of methoxy groups -OCH3 is 1. The first-order chi connectivity index (χ1) is 10.0. The summed E-state index contributed by atoms with van der Waals surface area (Å²) in [6, 6.07) is 10.2. The maximum Gasteiger partial charge on any atom is 0.201 e. The molecule has 0 N–H and O–H groups in total. The third kappa shape index (κ3) is 3.90. The van der Waals surface area contributed by atoms with Gasteiger partial charge < -0.3 is 9.47 Å². The first kappa shape index (κ1) is 15.7. The molecule has 0 fully saturated rings. The lowest BCUT2D eigenvalue weighted by molar-refractivity contribution is 0.0919. The minimum Gasteiger partial charge on any atom is -0.493 e. The molecule has 0 amide bonds. The molecular formula is C16H14Cl2O3. The number of carbonyl (C=O) groups is 1. The molecule has 0 radical (unpaired) electrons. The third-order valence-corrected chi connectivity index (χ3v) is 3.47. The smallest absolute Gasteiger partial charge is 0.201 e. The largest absolute Gasteiger partial charge is 0.493 e. The van der Waals surface area contributed by atoms with Gasteiger partial charge in [0.1, 0.15) is 0 Å². The van der Waals surface area contributed by atoms with Crippen molar-refractivity contribution in [3.05, 3.63) is 57.6 Å². The molecule has 0 aliphatic carbocycles. The van der Waals surface area contributed by atoms with E-state index in [-0.39, 0.29) is 12.4 Å². The van der Waals surface area contributed by atoms with E-state index in [0.717, 1.165) is 5.56 Å². The molecule has 0 heterocycles. The van der Waals surface area contributed by atoms with Crippen molar-refractivity contribution in [2.45, 2.75) is 6.92 Å². The zero-order valence-electron chi connectivity index (χ0n) is 11.7. The van der Waals surface area contributed by atoms with E-state index in [1.807, 2.05) is 19.1 Å². The molecule has 0 saturated heterocycles. The second-order valence-corrected chi connectivity index (χ2v) is 5.33. The van der Waals surface area contributed by atoms with Crippen molar-refractivity contribution in [2.75, 3.05) is 13.7 Å². The lowest BCUT2D eigenvalue weighted by atomic mass is 10.1. The van der Waals surface area contributed by atoms with Crippen molar-refractivity contribution < 1.29 is 14.3 Å². The van der Waals surface area contributed by atoms with E-state index < -0.39 is 0 Å². The number of hydrogen-bond acceptors (Lipinski definition) is 3. The number of aryl methyl sites for hydroxylation is 1. The Morgan fingerprint density at radius 2 is 1.86 bits per heavy atom. The van der Waals surface area contributed by atoms with Crippen molar-refractivity contribution in [1.82, 2.24) is 0 Å². The van der Waals surface area contributed by atoms with E-state index in [9.17, 15) is 4.79 Å². The van der Waals surface area contributed by atoms with E-state index in [1.54, 1.807) is 25.3 Å². The van der Waals surface area contributed by atoms with Crippen LogP contribution < -0.4 is 9.47 Å². The van der Waals surface area contributed by atoms with E-state index in [4.69, 9.17) is 32.7 Å². The predicted octanol–water partition coefficient (Wildman–Crippen LogP) is 4.57. The summed E-state index contributed by atoms with van der Waals surface area (Å²) in [5, 5.41) is 0.805.